The van der Waals surface area contributed by atoms with Gasteiger partial charge < -0.3 is 14.3 Å². The molecule has 0 unspecified atom stereocenters. The average molecular weight is 434 g/mol. The maximum Gasteiger partial charge on any atom is 0.329 e. The third kappa shape index (κ3) is 3.17. The number of benzene rings is 1. The number of urea groups is 1. The second-order valence-corrected chi connectivity index (χ2v) is 8.01. The highest BCUT2D eigenvalue weighted by molar-refractivity contribution is 7.14. The van der Waals surface area contributed by atoms with Gasteiger partial charge in [-0.05, 0) is 24.3 Å². The van der Waals surface area contributed by atoms with Crippen LogP contribution in [0.1, 0.15) is 5.69 Å². The number of nitrogens with one attached hydrogen (secondary N) is 1. The van der Waals surface area contributed by atoms with Crippen molar-refractivity contribution in [3.63, 3.8) is 0 Å². The van der Waals surface area contributed by atoms with E-state index in [4.69, 9.17) is 4.42 Å². The minimum Gasteiger partial charge on any atom is -0.464 e. The van der Waals surface area contributed by atoms with Crippen molar-refractivity contribution in [1.82, 2.24) is 19.4 Å². The fraction of sp³-hybridized carbons (Fsp3) is 0.143. The molecule has 4 heterocycles. The molecule has 0 aliphatic carbocycles. The monoisotopic (exact) mass is 434 g/mol. The molecule has 10 heteroatoms. The second-order valence-electron chi connectivity index (χ2n) is 7.15. The first-order valence-corrected chi connectivity index (χ1v) is 10.3. The number of carbonyl (C=O) groups is 2. The summed E-state index contributed by atoms with van der Waals surface area (Å²) in [7, 11) is 3.28. The van der Waals surface area contributed by atoms with Crippen LogP contribution in [0, 0.1) is 0 Å². The van der Waals surface area contributed by atoms with Crippen LogP contribution in [-0.2, 0) is 11.3 Å². The van der Waals surface area contributed by atoms with Gasteiger partial charge in [-0.3, -0.25) is 14.6 Å². The molecule has 0 fully saturated rings. The van der Waals surface area contributed by atoms with Crippen LogP contribution in [0.15, 0.2) is 53.2 Å². The number of anilines is 2. The average Bonchev–Trinajstić information content (AvgIpc) is 3.49. The van der Waals surface area contributed by atoms with Gasteiger partial charge in [0, 0.05) is 30.4 Å². The Morgan fingerprint density at radius 3 is 2.94 bits per heavy atom. The lowest BCUT2D eigenvalue weighted by molar-refractivity contribution is -0.116. The summed E-state index contributed by atoms with van der Waals surface area (Å²) < 4.78 is 7.04. The van der Waals surface area contributed by atoms with Crippen molar-refractivity contribution in [3.05, 3.63) is 54.5 Å². The molecular weight excluding hydrogens is 416 g/mol. The molecule has 1 aromatic carbocycles. The van der Waals surface area contributed by atoms with E-state index in [9.17, 15) is 9.59 Å². The number of aromatic nitrogens is 3. The lowest BCUT2D eigenvalue weighted by Crippen LogP contribution is -2.42. The van der Waals surface area contributed by atoms with Gasteiger partial charge in [-0.25, -0.2) is 14.8 Å². The molecule has 3 aromatic heterocycles. The van der Waals surface area contributed by atoms with Crippen LogP contribution in [0.2, 0.25) is 0 Å². The predicted octanol–water partition coefficient (Wildman–Crippen LogP) is 3.86. The highest BCUT2D eigenvalue weighted by Gasteiger charge is 2.32. The van der Waals surface area contributed by atoms with Gasteiger partial charge in [0.05, 0.1) is 24.0 Å². The van der Waals surface area contributed by atoms with Crippen LogP contribution in [-0.4, -0.2) is 45.5 Å². The van der Waals surface area contributed by atoms with E-state index in [1.165, 1.54) is 27.5 Å². The Labute approximate surface area is 181 Å². The molecule has 5 rings (SSSR count). The highest BCUT2D eigenvalue weighted by atomic mass is 32.1. The molecule has 4 aromatic rings. The first-order valence-electron chi connectivity index (χ1n) is 9.41. The number of amides is 3. The lowest BCUT2D eigenvalue weighted by Gasteiger charge is -2.31. The van der Waals surface area contributed by atoms with E-state index in [0.29, 0.717) is 22.3 Å². The summed E-state index contributed by atoms with van der Waals surface area (Å²) in [5.74, 6) is 0.230. The topological polar surface area (TPSA) is 96.5 Å². The number of rotatable bonds is 4. The minimum absolute atomic E-state index is 0.0209. The molecule has 1 aliphatic rings. The summed E-state index contributed by atoms with van der Waals surface area (Å²) in [6, 6.07) is 7.50. The fourth-order valence-electron chi connectivity index (χ4n) is 3.53. The van der Waals surface area contributed by atoms with Crippen LogP contribution in [0.3, 0.4) is 0 Å². The van der Waals surface area contributed by atoms with Crippen LogP contribution in [0.25, 0.3) is 27.9 Å². The zero-order valence-electron chi connectivity index (χ0n) is 16.8. The first-order chi connectivity index (χ1) is 14.9. The Bertz CT molecular complexity index is 1350. The van der Waals surface area contributed by atoms with Crippen molar-refractivity contribution in [2.45, 2.75) is 6.54 Å². The standard InChI is InChI=1S/C21H18N6O3S/c1-12-18-19(26(3)21(29)25(12)2)22-11-27(18)9-17(28)24-20-23-15(10-31-20)13-4-5-16-14(8-13)6-7-30-16/h4-8,10-11H,1,9H2,2-3H3,(H,23,24,28). The summed E-state index contributed by atoms with van der Waals surface area (Å²) >= 11 is 1.35. The van der Waals surface area contributed by atoms with Crippen LogP contribution < -0.4 is 10.2 Å². The van der Waals surface area contributed by atoms with Gasteiger partial charge in [0.2, 0.25) is 5.91 Å². The van der Waals surface area contributed by atoms with Crippen molar-refractivity contribution in [2.75, 3.05) is 24.3 Å². The SMILES string of the molecule is C=C1c2c(ncn2CC(=O)Nc2nc(-c3ccc4occc4c3)cs2)N(C)C(=O)N1C. The lowest BCUT2D eigenvalue weighted by atomic mass is 10.1. The van der Waals surface area contributed by atoms with Crippen molar-refractivity contribution in [1.29, 1.82) is 0 Å². The number of imidazole rings is 1. The molecule has 0 bridgehead atoms. The maximum atomic E-state index is 12.7. The zero-order valence-corrected chi connectivity index (χ0v) is 17.6. The molecule has 0 spiro atoms. The summed E-state index contributed by atoms with van der Waals surface area (Å²) in [6.07, 6.45) is 3.18. The molecular formula is C21H18N6O3S. The van der Waals surface area contributed by atoms with Crippen molar-refractivity contribution in [2.24, 2.45) is 0 Å². The number of thiazole rings is 1. The first kappa shape index (κ1) is 19.1. The Morgan fingerprint density at radius 2 is 2.10 bits per heavy atom. The quantitative estimate of drug-likeness (QED) is 0.526. The van der Waals surface area contributed by atoms with Crippen molar-refractivity contribution < 1.29 is 14.0 Å². The van der Waals surface area contributed by atoms with Crippen LogP contribution in [0.5, 0.6) is 0 Å². The van der Waals surface area contributed by atoms with E-state index in [1.54, 1.807) is 24.9 Å². The molecule has 9 nitrogen and oxygen atoms in total. The highest BCUT2D eigenvalue weighted by Crippen LogP contribution is 2.32. The van der Waals surface area contributed by atoms with Crippen molar-refractivity contribution >= 4 is 50.9 Å². The van der Waals surface area contributed by atoms with Gasteiger partial charge in [0.25, 0.3) is 0 Å². The third-order valence-corrected chi connectivity index (χ3v) is 5.96. The Hall–Kier alpha value is -3.92. The maximum absolute atomic E-state index is 12.7. The molecule has 0 saturated heterocycles. The Balaban J connectivity index is 1.33. The molecule has 0 saturated carbocycles. The van der Waals surface area contributed by atoms with E-state index in [1.807, 2.05) is 29.6 Å². The van der Waals surface area contributed by atoms with E-state index in [2.05, 4.69) is 21.9 Å². The Morgan fingerprint density at radius 1 is 1.26 bits per heavy atom. The molecule has 0 radical (unpaired) electrons. The normalized spacial score (nSPS) is 13.7. The van der Waals surface area contributed by atoms with E-state index in [0.717, 1.165) is 22.2 Å². The summed E-state index contributed by atoms with van der Waals surface area (Å²) in [5.41, 5.74) is 3.67. The Kier molecular flexibility index (Phi) is 4.36. The van der Waals surface area contributed by atoms with Gasteiger partial charge in [0.1, 0.15) is 17.8 Å². The van der Waals surface area contributed by atoms with E-state index < -0.39 is 0 Å². The van der Waals surface area contributed by atoms with Crippen molar-refractivity contribution in [3.8, 4) is 11.3 Å². The van der Waals surface area contributed by atoms with Gasteiger partial charge >= 0.3 is 6.03 Å². The summed E-state index contributed by atoms with van der Waals surface area (Å²) in [6.45, 7) is 3.99. The number of carbonyl (C=O) groups excluding carboxylic acids is 2. The fourth-order valence-corrected chi connectivity index (χ4v) is 4.26. The third-order valence-electron chi connectivity index (χ3n) is 5.20. The molecule has 1 N–H and O–H groups in total. The molecule has 1 aliphatic heterocycles. The van der Waals surface area contributed by atoms with Gasteiger partial charge in [0.15, 0.2) is 10.9 Å². The van der Waals surface area contributed by atoms with Crippen LogP contribution >= 0.6 is 11.3 Å². The van der Waals surface area contributed by atoms with E-state index >= 15 is 0 Å². The zero-order chi connectivity index (χ0) is 21.7. The summed E-state index contributed by atoms with van der Waals surface area (Å²) in [4.78, 5) is 36.5. The number of fused-ring (bicyclic) bond motifs is 2. The molecule has 31 heavy (non-hydrogen) atoms. The number of nitrogens with zero attached hydrogens (tertiary/aromatic N) is 5. The number of hydrogen-bond acceptors (Lipinski definition) is 6. The smallest absolute Gasteiger partial charge is 0.329 e. The molecule has 3 amide bonds. The molecule has 156 valence electrons. The van der Waals surface area contributed by atoms with Gasteiger partial charge in [-0.1, -0.05) is 6.58 Å². The minimum atomic E-state index is -0.249. The largest absolute Gasteiger partial charge is 0.464 e. The number of furan rings is 1. The number of hydrogen-bond donors (Lipinski definition) is 1. The predicted molar refractivity (Wildman–Crippen MR) is 119 cm³/mol. The second kappa shape index (κ2) is 7.10. The van der Waals surface area contributed by atoms with Gasteiger partial charge in [-0.2, -0.15) is 0 Å². The van der Waals surface area contributed by atoms with E-state index in [-0.39, 0.29) is 18.5 Å². The molecule has 0 atom stereocenters. The summed E-state index contributed by atoms with van der Waals surface area (Å²) in [5, 5.41) is 6.23. The van der Waals surface area contributed by atoms with Crippen LogP contribution in [0.4, 0.5) is 15.7 Å². The van der Waals surface area contributed by atoms with Gasteiger partial charge in [-0.15, -0.1) is 11.3 Å².